The van der Waals surface area contributed by atoms with Crippen molar-refractivity contribution in [2.75, 3.05) is 6.61 Å². The third-order valence-corrected chi connectivity index (χ3v) is 3.53. The van der Waals surface area contributed by atoms with E-state index in [0.717, 1.165) is 19.3 Å². The number of ether oxygens (including phenoxy) is 1. The number of aliphatic hydroxyl groups excluding tert-OH is 1. The van der Waals surface area contributed by atoms with Crippen molar-refractivity contribution in [1.82, 2.24) is 5.32 Å². The van der Waals surface area contributed by atoms with Crippen LogP contribution in [-0.4, -0.2) is 29.8 Å². The molecular formula is C14H17F2NO3. The lowest BCUT2D eigenvalue weighted by Crippen LogP contribution is -2.56. The summed E-state index contributed by atoms with van der Waals surface area (Å²) in [5.74, 6) is -0.115. The van der Waals surface area contributed by atoms with Gasteiger partial charge in [-0.05, 0) is 37.0 Å². The Morgan fingerprint density at radius 1 is 1.35 bits per heavy atom. The van der Waals surface area contributed by atoms with Gasteiger partial charge in [0.2, 0.25) is 5.91 Å². The quantitative estimate of drug-likeness (QED) is 0.839. The fourth-order valence-corrected chi connectivity index (χ4v) is 2.24. The minimum absolute atomic E-state index is 0.0556. The van der Waals surface area contributed by atoms with Crippen molar-refractivity contribution < 1.29 is 23.4 Å². The van der Waals surface area contributed by atoms with Gasteiger partial charge in [0.25, 0.3) is 0 Å². The van der Waals surface area contributed by atoms with Gasteiger partial charge in [0, 0.05) is 0 Å². The van der Waals surface area contributed by atoms with E-state index < -0.39 is 12.2 Å². The lowest BCUT2D eigenvalue weighted by molar-refractivity contribution is -0.124. The van der Waals surface area contributed by atoms with Gasteiger partial charge in [-0.25, -0.2) is 0 Å². The zero-order valence-corrected chi connectivity index (χ0v) is 10.9. The number of halogens is 2. The Hall–Kier alpha value is -1.69. The minimum Gasteiger partial charge on any atom is -0.435 e. The predicted octanol–water partition coefficient (Wildman–Crippen LogP) is 1.86. The molecule has 0 heterocycles. The number of hydrogen-bond donors (Lipinski definition) is 2. The lowest BCUT2D eigenvalue weighted by Gasteiger charge is -2.41. The molecule has 4 nitrogen and oxygen atoms in total. The second-order valence-electron chi connectivity index (χ2n) is 5.04. The molecular weight excluding hydrogens is 268 g/mol. The molecule has 1 aliphatic carbocycles. The first-order chi connectivity index (χ1) is 9.53. The predicted molar refractivity (Wildman–Crippen MR) is 68.6 cm³/mol. The van der Waals surface area contributed by atoms with E-state index in [1.807, 2.05) is 0 Å². The number of alkyl halides is 2. The Bertz CT molecular complexity index is 452. The first kappa shape index (κ1) is 14.7. The molecule has 0 aliphatic heterocycles. The molecule has 1 aliphatic rings. The van der Waals surface area contributed by atoms with Crippen molar-refractivity contribution in [3.8, 4) is 5.75 Å². The summed E-state index contributed by atoms with van der Waals surface area (Å²) < 4.78 is 28.2. The molecule has 110 valence electrons. The summed E-state index contributed by atoms with van der Waals surface area (Å²) in [6, 6.07) is 5.95. The smallest absolute Gasteiger partial charge is 0.387 e. The van der Waals surface area contributed by atoms with Crippen molar-refractivity contribution in [1.29, 1.82) is 0 Å². The van der Waals surface area contributed by atoms with Crippen molar-refractivity contribution in [3.63, 3.8) is 0 Å². The van der Waals surface area contributed by atoms with Crippen molar-refractivity contribution in [3.05, 3.63) is 29.8 Å². The van der Waals surface area contributed by atoms with Gasteiger partial charge in [-0.15, -0.1) is 0 Å². The monoisotopic (exact) mass is 285 g/mol. The highest BCUT2D eigenvalue weighted by Gasteiger charge is 2.37. The van der Waals surface area contributed by atoms with E-state index >= 15 is 0 Å². The van der Waals surface area contributed by atoms with Crippen LogP contribution < -0.4 is 10.1 Å². The highest BCUT2D eigenvalue weighted by molar-refractivity contribution is 5.79. The van der Waals surface area contributed by atoms with Gasteiger partial charge in [-0.1, -0.05) is 12.1 Å². The van der Waals surface area contributed by atoms with E-state index in [0.29, 0.717) is 5.56 Å². The summed E-state index contributed by atoms with van der Waals surface area (Å²) in [6.45, 7) is -2.91. The fraction of sp³-hybridized carbons (Fsp3) is 0.500. The molecule has 0 unspecified atom stereocenters. The van der Waals surface area contributed by atoms with E-state index in [-0.39, 0.29) is 24.7 Å². The number of amides is 1. The first-order valence-corrected chi connectivity index (χ1v) is 6.49. The molecule has 0 radical (unpaired) electrons. The van der Waals surface area contributed by atoms with Crippen molar-refractivity contribution in [2.24, 2.45) is 0 Å². The standard InChI is InChI=1S/C14H17F2NO3/c15-13(16)20-11-4-2-10(3-5-11)8-12(19)17-14(9-18)6-1-7-14/h2-5,13,18H,1,6-9H2,(H,17,19). The third-order valence-electron chi connectivity index (χ3n) is 3.53. The highest BCUT2D eigenvalue weighted by Crippen LogP contribution is 2.31. The van der Waals surface area contributed by atoms with Crippen molar-refractivity contribution >= 4 is 5.91 Å². The van der Waals surface area contributed by atoms with Gasteiger partial charge in [0.05, 0.1) is 18.6 Å². The van der Waals surface area contributed by atoms with Crippen LogP contribution in [0.25, 0.3) is 0 Å². The van der Waals surface area contributed by atoms with Gasteiger partial charge in [-0.2, -0.15) is 8.78 Å². The highest BCUT2D eigenvalue weighted by atomic mass is 19.3. The van der Waals surface area contributed by atoms with Crippen LogP contribution in [0.2, 0.25) is 0 Å². The summed E-state index contributed by atoms with van der Waals surface area (Å²) in [5, 5.41) is 12.1. The van der Waals surface area contributed by atoms with Crippen LogP contribution >= 0.6 is 0 Å². The molecule has 0 atom stereocenters. The number of nitrogens with one attached hydrogen (secondary N) is 1. The summed E-state index contributed by atoms with van der Waals surface area (Å²) in [4.78, 5) is 11.9. The zero-order chi connectivity index (χ0) is 14.6. The summed E-state index contributed by atoms with van der Waals surface area (Å²) in [5.41, 5.74) is 0.243. The SMILES string of the molecule is O=C(Cc1ccc(OC(F)F)cc1)NC1(CO)CCC1. The first-order valence-electron chi connectivity index (χ1n) is 6.49. The number of rotatable bonds is 6. The largest absolute Gasteiger partial charge is 0.435 e. The molecule has 1 amide bonds. The molecule has 0 spiro atoms. The van der Waals surface area contributed by atoms with E-state index in [2.05, 4.69) is 10.1 Å². The van der Waals surface area contributed by atoms with E-state index in [1.54, 1.807) is 12.1 Å². The van der Waals surface area contributed by atoms with Crippen LogP contribution in [0.4, 0.5) is 8.78 Å². The summed E-state index contributed by atoms with van der Waals surface area (Å²) in [6.07, 6.45) is 2.73. The average Bonchev–Trinajstić information content (AvgIpc) is 2.36. The Kier molecular flexibility index (Phi) is 4.54. The third kappa shape index (κ3) is 3.66. The van der Waals surface area contributed by atoms with Gasteiger partial charge in [0.1, 0.15) is 5.75 Å². The number of aliphatic hydroxyl groups is 1. The maximum absolute atomic E-state index is 12.0. The number of benzene rings is 1. The summed E-state index contributed by atoms with van der Waals surface area (Å²) in [7, 11) is 0. The lowest BCUT2D eigenvalue weighted by atomic mass is 9.77. The normalized spacial score (nSPS) is 16.6. The summed E-state index contributed by atoms with van der Waals surface area (Å²) >= 11 is 0. The molecule has 1 saturated carbocycles. The topological polar surface area (TPSA) is 58.6 Å². The van der Waals surface area contributed by atoms with Gasteiger partial charge in [-0.3, -0.25) is 4.79 Å². The average molecular weight is 285 g/mol. The number of carbonyl (C=O) groups excluding carboxylic acids is 1. The second-order valence-corrected chi connectivity index (χ2v) is 5.04. The molecule has 2 rings (SSSR count). The number of hydrogen-bond acceptors (Lipinski definition) is 3. The van der Waals surface area contributed by atoms with Gasteiger partial charge < -0.3 is 15.2 Å². The minimum atomic E-state index is -2.85. The maximum Gasteiger partial charge on any atom is 0.387 e. The Balaban J connectivity index is 1.88. The van der Waals surface area contributed by atoms with E-state index in [9.17, 15) is 18.7 Å². The van der Waals surface area contributed by atoms with E-state index in [4.69, 9.17) is 0 Å². The van der Waals surface area contributed by atoms with Gasteiger partial charge >= 0.3 is 6.61 Å². The van der Waals surface area contributed by atoms with Gasteiger partial charge in [0.15, 0.2) is 0 Å². The molecule has 1 aromatic rings. The van der Waals surface area contributed by atoms with Crippen LogP contribution in [0.3, 0.4) is 0 Å². The fourth-order valence-electron chi connectivity index (χ4n) is 2.24. The van der Waals surface area contributed by atoms with Crippen LogP contribution in [0.15, 0.2) is 24.3 Å². The zero-order valence-electron chi connectivity index (χ0n) is 10.9. The van der Waals surface area contributed by atoms with Crippen LogP contribution in [-0.2, 0) is 11.2 Å². The van der Waals surface area contributed by atoms with E-state index in [1.165, 1.54) is 12.1 Å². The molecule has 6 heteroatoms. The Morgan fingerprint density at radius 3 is 2.45 bits per heavy atom. The molecule has 0 bridgehead atoms. The van der Waals surface area contributed by atoms with Crippen LogP contribution in [0.1, 0.15) is 24.8 Å². The van der Waals surface area contributed by atoms with Crippen LogP contribution in [0, 0.1) is 0 Å². The maximum atomic E-state index is 12.0. The molecule has 1 fully saturated rings. The molecule has 1 aromatic carbocycles. The molecule has 20 heavy (non-hydrogen) atoms. The Labute approximate surface area is 115 Å². The molecule has 2 N–H and O–H groups in total. The molecule has 0 saturated heterocycles. The Morgan fingerprint density at radius 2 is 2.00 bits per heavy atom. The van der Waals surface area contributed by atoms with Crippen molar-refractivity contribution in [2.45, 2.75) is 37.8 Å². The van der Waals surface area contributed by atoms with Crippen LogP contribution in [0.5, 0.6) is 5.75 Å². The number of carbonyl (C=O) groups is 1. The molecule has 0 aromatic heterocycles. The second kappa shape index (κ2) is 6.17.